The average molecular weight is 441 g/mol. The quantitative estimate of drug-likeness (QED) is 0.417. The summed E-state index contributed by atoms with van der Waals surface area (Å²) in [6.45, 7) is 3.89. The van der Waals surface area contributed by atoms with Crippen LogP contribution in [0.4, 0.5) is 22.1 Å². The highest BCUT2D eigenvalue weighted by Crippen LogP contribution is 2.28. The molecule has 4 rings (SSSR count). The number of anilines is 3. The van der Waals surface area contributed by atoms with Crippen LogP contribution >= 0.6 is 15.9 Å². The molecule has 0 aliphatic heterocycles. The van der Waals surface area contributed by atoms with Crippen molar-refractivity contribution in [3.8, 4) is 0 Å². The SMILES string of the molecule is CCOC(=O)Nc1cc(Nc2ncc3ccc(Br)cc3n2)cc2[nH]c(C)nc12. The molecular weight excluding hydrogens is 424 g/mol. The van der Waals surface area contributed by atoms with E-state index in [1.54, 1.807) is 19.2 Å². The summed E-state index contributed by atoms with van der Waals surface area (Å²) >= 11 is 3.45. The molecule has 0 radical (unpaired) electrons. The predicted octanol–water partition coefficient (Wildman–Crippen LogP) is 4.89. The minimum atomic E-state index is -0.534. The maximum absolute atomic E-state index is 11.9. The number of hydrogen-bond acceptors (Lipinski definition) is 6. The minimum Gasteiger partial charge on any atom is -0.450 e. The number of H-pyrrole nitrogens is 1. The summed E-state index contributed by atoms with van der Waals surface area (Å²) in [5.74, 6) is 1.19. The molecule has 8 nitrogen and oxygen atoms in total. The van der Waals surface area contributed by atoms with Gasteiger partial charge in [0.15, 0.2) is 0 Å². The first-order chi connectivity index (χ1) is 13.5. The molecule has 2 aromatic carbocycles. The van der Waals surface area contributed by atoms with Gasteiger partial charge < -0.3 is 15.0 Å². The predicted molar refractivity (Wildman–Crippen MR) is 112 cm³/mol. The van der Waals surface area contributed by atoms with Crippen molar-refractivity contribution >= 4 is 61.3 Å². The van der Waals surface area contributed by atoms with Crippen molar-refractivity contribution in [1.82, 2.24) is 19.9 Å². The van der Waals surface area contributed by atoms with Crippen molar-refractivity contribution in [3.63, 3.8) is 0 Å². The highest BCUT2D eigenvalue weighted by Gasteiger charge is 2.12. The molecule has 3 N–H and O–H groups in total. The summed E-state index contributed by atoms with van der Waals surface area (Å²) in [7, 11) is 0. The number of fused-ring (bicyclic) bond motifs is 2. The van der Waals surface area contributed by atoms with Gasteiger partial charge in [-0.2, -0.15) is 0 Å². The number of rotatable bonds is 4. The summed E-state index contributed by atoms with van der Waals surface area (Å²) < 4.78 is 5.93. The third kappa shape index (κ3) is 3.74. The fourth-order valence-electron chi connectivity index (χ4n) is 2.87. The molecule has 0 aliphatic carbocycles. The van der Waals surface area contributed by atoms with Gasteiger partial charge in [-0.3, -0.25) is 5.32 Å². The Bertz CT molecular complexity index is 1190. The summed E-state index contributed by atoms with van der Waals surface area (Å²) in [6, 6.07) is 9.48. The number of hydrogen-bond donors (Lipinski definition) is 3. The molecule has 142 valence electrons. The average Bonchev–Trinajstić information content (AvgIpc) is 3.02. The molecule has 4 aromatic rings. The van der Waals surface area contributed by atoms with E-state index in [2.05, 4.69) is 46.5 Å². The van der Waals surface area contributed by atoms with Crippen LogP contribution in [0.2, 0.25) is 0 Å². The van der Waals surface area contributed by atoms with Gasteiger partial charge in [0.2, 0.25) is 5.95 Å². The zero-order chi connectivity index (χ0) is 19.7. The Hall–Kier alpha value is -3.20. The smallest absolute Gasteiger partial charge is 0.411 e. The monoisotopic (exact) mass is 440 g/mol. The van der Waals surface area contributed by atoms with E-state index in [1.807, 2.05) is 31.2 Å². The summed E-state index contributed by atoms with van der Waals surface area (Å²) in [4.78, 5) is 28.4. The normalized spacial score (nSPS) is 11.0. The lowest BCUT2D eigenvalue weighted by Crippen LogP contribution is -2.13. The molecule has 2 aromatic heterocycles. The highest BCUT2D eigenvalue weighted by molar-refractivity contribution is 9.10. The molecule has 0 saturated carbocycles. The lowest BCUT2D eigenvalue weighted by atomic mass is 10.2. The Kier molecular flexibility index (Phi) is 4.82. The van der Waals surface area contributed by atoms with Crippen molar-refractivity contribution in [1.29, 1.82) is 0 Å². The molecule has 1 amide bonds. The molecule has 0 unspecified atom stereocenters. The number of aromatic amines is 1. The van der Waals surface area contributed by atoms with E-state index in [4.69, 9.17) is 4.74 Å². The highest BCUT2D eigenvalue weighted by atomic mass is 79.9. The fourth-order valence-corrected chi connectivity index (χ4v) is 3.22. The Balaban J connectivity index is 1.71. The third-order valence-corrected chi connectivity index (χ3v) is 4.51. The van der Waals surface area contributed by atoms with E-state index >= 15 is 0 Å². The van der Waals surface area contributed by atoms with Crippen molar-refractivity contribution in [2.75, 3.05) is 17.2 Å². The molecule has 0 fully saturated rings. The molecular formula is C19H17BrN6O2. The van der Waals surface area contributed by atoms with Crippen LogP contribution in [0.5, 0.6) is 0 Å². The van der Waals surface area contributed by atoms with Crippen LogP contribution in [0, 0.1) is 6.92 Å². The van der Waals surface area contributed by atoms with Gasteiger partial charge >= 0.3 is 6.09 Å². The fraction of sp³-hybridized carbons (Fsp3) is 0.158. The van der Waals surface area contributed by atoms with Crippen molar-refractivity contribution in [2.24, 2.45) is 0 Å². The molecule has 0 atom stereocenters. The van der Waals surface area contributed by atoms with Crippen LogP contribution in [0.25, 0.3) is 21.9 Å². The van der Waals surface area contributed by atoms with E-state index in [0.717, 1.165) is 26.7 Å². The van der Waals surface area contributed by atoms with Gasteiger partial charge in [-0.25, -0.2) is 19.7 Å². The van der Waals surface area contributed by atoms with Gasteiger partial charge in [0, 0.05) is 21.7 Å². The molecule has 0 bridgehead atoms. The van der Waals surface area contributed by atoms with E-state index in [1.165, 1.54) is 0 Å². The summed E-state index contributed by atoms with van der Waals surface area (Å²) in [5.41, 5.74) is 3.48. The van der Waals surface area contributed by atoms with Crippen molar-refractivity contribution in [2.45, 2.75) is 13.8 Å². The number of carbonyl (C=O) groups excluding carboxylic acids is 1. The second-order valence-corrected chi connectivity index (χ2v) is 7.03. The topological polar surface area (TPSA) is 105 Å². The van der Waals surface area contributed by atoms with E-state index < -0.39 is 6.09 Å². The molecule has 9 heteroatoms. The van der Waals surface area contributed by atoms with Gasteiger partial charge in [0.25, 0.3) is 0 Å². The number of aryl methyl sites for hydroxylation is 1. The van der Waals surface area contributed by atoms with Crippen LogP contribution in [-0.2, 0) is 4.74 Å². The largest absolute Gasteiger partial charge is 0.450 e. The number of imidazole rings is 1. The van der Waals surface area contributed by atoms with E-state index in [0.29, 0.717) is 22.8 Å². The maximum Gasteiger partial charge on any atom is 0.411 e. The summed E-state index contributed by atoms with van der Waals surface area (Å²) in [6.07, 6.45) is 1.22. The number of halogens is 1. The number of carbonyl (C=O) groups is 1. The van der Waals surface area contributed by atoms with E-state index in [9.17, 15) is 4.79 Å². The number of ether oxygens (including phenoxy) is 1. The maximum atomic E-state index is 11.9. The number of benzene rings is 2. The Morgan fingerprint density at radius 3 is 2.93 bits per heavy atom. The van der Waals surface area contributed by atoms with Crippen LogP contribution in [-0.4, -0.2) is 32.6 Å². The zero-order valence-electron chi connectivity index (χ0n) is 15.2. The molecule has 0 saturated heterocycles. The van der Waals surface area contributed by atoms with Gasteiger partial charge in [-0.05, 0) is 38.1 Å². The number of aromatic nitrogens is 4. The van der Waals surface area contributed by atoms with Crippen molar-refractivity contribution < 1.29 is 9.53 Å². The minimum absolute atomic E-state index is 0.285. The third-order valence-electron chi connectivity index (χ3n) is 4.02. The number of amides is 1. The molecule has 28 heavy (non-hydrogen) atoms. The standard InChI is InChI=1S/C19H17BrN6O2/c1-3-28-19(27)26-16-8-13(7-15-17(16)23-10(2)22-15)24-18-21-9-11-4-5-12(20)6-14(11)25-18/h4-9H,3H2,1-2H3,(H,22,23)(H,26,27)(H,21,24,25). The van der Waals surface area contributed by atoms with Crippen LogP contribution in [0.1, 0.15) is 12.7 Å². The second kappa shape index (κ2) is 7.43. The van der Waals surface area contributed by atoms with Crippen LogP contribution < -0.4 is 10.6 Å². The van der Waals surface area contributed by atoms with Gasteiger partial charge in [0.05, 0.1) is 23.3 Å². The number of nitrogens with one attached hydrogen (secondary N) is 3. The van der Waals surface area contributed by atoms with Gasteiger partial charge in [0.1, 0.15) is 11.3 Å². The summed E-state index contributed by atoms with van der Waals surface area (Å²) in [5, 5.41) is 6.86. The number of nitrogens with zero attached hydrogens (tertiary/aromatic N) is 3. The molecule has 2 heterocycles. The first-order valence-electron chi connectivity index (χ1n) is 8.65. The molecule has 0 spiro atoms. The first kappa shape index (κ1) is 18.2. The second-order valence-electron chi connectivity index (χ2n) is 6.11. The van der Waals surface area contributed by atoms with E-state index in [-0.39, 0.29) is 6.61 Å². The first-order valence-corrected chi connectivity index (χ1v) is 9.44. The van der Waals surface area contributed by atoms with Gasteiger partial charge in [-0.1, -0.05) is 22.0 Å². The van der Waals surface area contributed by atoms with Gasteiger partial charge in [-0.15, -0.1) is 0 Å². The van der Waals surface area contributed by atoms with Crippen LogP contribution in [0.3, 0.4) is 0 Å². The Morgan fingerprint density at radius 1 is 1.25 bits per heavy atom. The van der Waals surface area contributed by atoms with Crippen molar-refractivity contribution in [3.05, 3.63) is 46.8 Å². The zero-order valence-corrected chi connectivity index (χ0v) is 16.8. The van der Waals surface area contributed by atoms with Crippen LogP contribution in [0.15, 0.2) is 41.0 Å². The Morgan fingerprint density at radius 2 is 2.11 bits per heavy atom. The Labute approximate surface area is 168 Å². The molecule has 0 aliphatic rings. The lowest BCUT2D eigenvalue weighted by molar-refractivity contribution is 0.168. The lowest BCUT2D eigenvalue weighted by Gasteiger charge is -2.10.